The van der Waals surface area contributed by atoms with Crippen molar-refractivity contribution < 1.29 is 4.42 Å². The molecular formula is C16H16N6O3S2. The van der Waals surface area contributed by atoms with E-state index >= 15 is 0 Å². The van der Waals surface area contributed by atoms with Crippen molar-refractivity contribution in [1.82, 2.24) is 28.9 Å². The van der Waals surface area contributed by atoms with Gasteiger partial charge in [0, 0.05) is 26.4 Å². The Labute approximate surface area is 161 Å². The lowest BCUT2D eigenvalue weighted by atomic mass is 10.4. The number of aromatic nitrogens is 6. The molecule has 0 fully saturated rings. The van der Waals surface area contributed by atoms with Crippen molar-refractivity contribution >= 4 is 34.3 Å². The van der Waals surface area contributed by atoms with Crippen LogP contribution in [0.15, 0.2) is 43.1 Å². The fourth-order valence-electron chi connectivity index (χ4n) is 2.74. The molecule has 4 aromatic heterocycles. The van der Waals surface area contributed by atoms with E-state index in [1.807, 2.05) is 17.5 Å². The molecule has 0 unspecified atom stereocenters. The highest BCUT2D eigenvalue weighted by atomic mass is 32.2. The van der Waals surface area contributed by atoms with E-state index in [1.54, 1.807) is 18.7 Å². The highest BCUT2D eigenvalue weighted by Gasteiger charge is 2.15. The van der Waals surface area contributed by atoms with Gasteiger partial charge in [-0.15, -0.1) is 21.5 Å². The van der Waals surface area contributed by atoms with Crippen molar-refractivity contribution in [2.24, 2.45) is 14.1 Å². The topological polar surface area (TPSA) is 101 Å². The summed E-state index contributed by atoms with van der Waals surface area (Å²) in [6.07, 6.45) is 2.15. The SMILES string of the molecule is Cn1cnc2c1c(=O)n(CCCSc1nnc(-c3cccs3)o1)c(=O)n2C. The van der Waals surface area contributed by atoms with Gasteiger partial charge in [0.05, 0.1) is 11.2 Å². The molecule has 9 nitrogen and oxygen atoms in total. The van der Waals surface area contributed by atoms with Gasteiger partial charge in [-0.2, -0.15) is 0 Å². The number of rotatable bonds is 6. The molecule has 0 saturated heterocycles. The van der Waals surface area contributed by atoms with Gasteiger partial charge in [-0.05, 0) is 17.9 Å². The molecule has 11 heteroatoms. The number of thioether (sulfide) groups is 1. The summed E-state index contributed by atoms with van der Waals surface area (Å²) >= 11 is 2.94. The summed E-state index contributed by atoms with van der Waals surface area (Å²) in [7, 11) is 3.36. The minimum absolute atomic E-state index is 0.311. The summed E-state index contributed by atoms with van der Waals surface area (Å²) in [5.41, 5.74) is 0.122. The summed E-state index contributed by atoms with van der Waals surface area (Å²) in [4.78, 5) is 30.1. The molecule has 0 saturated carbocycles. The number of nitrogens with zero attached hydrogens (tertiary/aromatic N) is 6. The van der Waals surface area contributed by atoms with Crippen molar-refractivity contribution in [3.05, 3.63) is 44.7 Å². The van der Waals surface area contributed by atoms with Crippen LogP contribution in [0.5, 0.6) is 0 Å². The normalized spacial score (nSPS) is 11.5. The van der Waals surface area contributed by atoms with E-state index in [9.17, 15) is 9.59 Å². The molecule has 0 aliphatic heterocycles. The maximum atomic E-state index is 12.6. The average Bonchev–Trinajstić information content (AvgIpc) is 3.39. The van der Waals surface area contributed by atoms with Crippen molar-refractivity contribution in [2.75, 3.05) is 5.75 Å². The fourth-order valence-corrected chi connectivity index (χ4v) is 4.07. The zero-order valence-electron chi connectivity index (χ0n) is 14.7. The van der Waals surface area contributed by atoms with Gasteiger partial charge in [-0.1, -0.05) is 17.8 Å². The molecule has 4 heterocycles. The van der Waals surface area contributed by atoms with E-state index in [0.717, 1.165) is 4.88 Å². The van der Waals surface area contributed by atoms with E-state index in [4.69, 9.17) is 4.42 Å². The van der Waals surface area contributed by atoms with Crippen molar-refractivity contribution in [2.45, 2.75) is 18.2 Å². The number of fused-ring (bicyclic) bond motifs is 1. The Kier molecular flexibility index (Phi) is 4.70. The quantitative estimate of drug-likeness (QED) is 0.356. The zero-order valence-corrected chi connectivity index (χ0v) is 16.3. The number of aryl methyl sites for hydroxylation is 2. The highest BCUT2D eigenvalue weighted by Crippen LogP contribution is 2.26. The molecule has 0 atom stereocenters. The maximum absolute atomic E-state index is 12.6. The van der Waals surface area contributed by atoms with E-state index in [0.29, 0.717) is 41.0 Å². The third-order valence-corrected chi connectivity index (χ3v) is 5.85. The van der Waals surface area contributed by atoms with Gasteiger partial charge in [0.25, 0.3) is 16.7 Å². The van der Waals surface area contributed by atoms with Crippen LogP contribution in [0.2, 0.25) is 0 Å². The van der Waals surface area contributed by atoms with Gasteiger partial charge in [0.2, 0.25) is 0 Å². The second kappa shape index (κ2) is 7.16. The summed E-state index contributed by atoms with van der Waals surface area (Å²) in [5, 5.41) is 10.5. The van der Waals surface area contributed by atoms with E-state index in [1.165, 1.54) is 38.6 Å². The molecule has 0 spiro atoms. The predicted molar refractivity (Wildman–Crippen MR) is 103 cm³/mol. The number of hydrogen-bond acceptors (Lipinski definition) is 8. The molecule has 140 valence electrons. The summed E-state index contributed by atoms with van der Waals surface area (Å²) in [5.74, 6) is 1.14. The molecule has 0 aliphatic rings. The number of hydrogen-bond donors (Lipinski definition) is 0. The maximum Gasteiger partial charge on any atom is 0.332 e. The summed E-state index contributed by atoms with van der Waals surface area (Å²) in [6.45, 7) is 0.311. The largest absolute Gasteiger partial charge is 0.410 e. The van der Waals surface area contributed by atoms with Crippen LogP contribution in [0.3, 0.4) is 0 Å². The molecule has 0 N–H and O–H groups in total. The second-order valence-electron chi connectivity index (χ2n) is 5.88. The van der Waals surface area contributed by atoms with Crippen LogP contribution in [0.25, 0.3) is 21.9 Å². The van der Waals surface area contributed by atoms with Crippen molar-refractivity contribution in [3.63, 3.8) is 0 Å². The van der Waals surface area contributed by atoms with Crippen molar-refractivity contribution in [1.29, 1.82) is 0 Å². The molecule has 0 radical (unpaired) electrons. The molecule has 0 amide bonds. The Morgan fingerprint density at radius 3 is 2.89 bits per heavy atom. The first-order chi connectivity index (χ1) is 13.1. The van der Waals surface area contributed by atoms with Crippen LogP contribution in [-0.2, 0) is 20.6 Å². The first kappa shape index (κ1) is 17.7. The van der Waals surface area contributed by atoms with Crippen LogP contribution in [0, 0.1) is 0 Å². The fraction of sp³-hybridized carbons (Fsp3) is 0.312. The smallest absolute Gasteiger partial charge is 0.332 e. The van der Waals surface area contributed by atoms with Crippen LogP contribution in [0.1, 0.15) is 6.42 Å². The predicted octanol–water partition coefficient (Wildman–Crippen LogP) is 1.73. The monoisotopic (exact) mass is 404 g/mol. The third-order valence-electron chi connectivity index (χ3n) is 4.09. The lowest BCUT2D eigenvalue weighted by Crippen LogP contribution is -2.39. The van der Waals surface area contributed by atoms with Gasteiger partial charge in [0.1, 0.15) is 0 Å². The molecule has 27 heavy (non-hydrogen) atoms. The van der Waals surface area contributed by atoms with Crippen LogP contribution in [-0.4, -0.2) is 34.6 Å². The Morgan fingerprint density at radius 2 is 2.11 bits per heavy atom. The molecule has 0 bridgehead atoms. The molecular weight excluding hydrogens is 388 g/mol. The Balaban J connectivity index is 1.45. The van der Waals surface area contributed by atoms with Gasteiger partial charge < -0.3 is 8.98 Å². The second-order valence-corrected chi connectivity index (χ2v) is 7.87. The van der Waals surface area contributed by atoms with Crippen molar-refractivity contribution in [3.8, 4) is 10.8 Å². The molecule has 0 aromatic carbocycles. The molecule has 4 rings (SSSR count). The minimum atomic E-state index is -0.367. The number of thiophene rings is 1. The standard InChI is InChI=1S/C16H16N6O3S2/c1-20-9-17-12-11(20)14(23)22(16(24)21(12)2)6-4-8-27-15-19-18-13(25-15)10-5-3-7-26-10/h3,5,7,9H,4,6,8H2,1-2H3. The number of imidazole rings is 1. The first-order valence-corrected chi connectivity index (χ1v) is 10.0. The summed E-state index contributed by atoms with van der Waals surface area (Å²) in [6, 6.07) is 3.84. The van der Waals surface area contributed by atoms with E-state index in [-0.39, 0.29) is 11.2 Å². The lowest BCUT2D eigenvalue weighted by molar-refractivity contribution is 0.466. The van der Waals surface area contributed by atoms with Gasteiger partial charge >= 0.3 is 5.69 Å². The van der Waals surface area contributed by atoms with E-state index in [2.05, 4.69) is 15.2 Å². The zero-order chi connectivity index (χ0) is 19.0. The van der Waals surface area contributed by atoms with Crippen LogP contribution < -0.4 is 11.2 Å². The Hall–Kier alpha value is -2.66. The van der Waals surface area contributed by atoms with Gasteiger partial charge in [-0.25, -0.2) is 9.78 Å². The summed E-state index contributed by atoms with van der Waals surface area (Å²) < 4.78 is 9.89. The lowest BCUT2D eigenvalue weighted by Gasteiger charge is -2.08. The van der Waals surface area contributed by atoms with Crippen LogP contribution in [0.4, 0.5) is 0 Å². The van der Waals surface area contributed by atoms with Crippen LogP contribution >= 0.6 is 23.1 Å². The minimum Gasteiger partial charge on any atom is -0.410 e. The van der Waals surface area contributed by atoms with E-state index < -0.39 is 0 Å². The first-order valence-electron chi connectivity index (χ1n) is 8.17. The molecule has 0 aliphatic carbocycles. The molecule has 4 aromatic rings. The van der Waals surface area contributed by atoms with Gasteiger partial charge in [-0.3, -0.25) is 13.9 Å². The Morgan fingerprint density at radius 1 is 1.26 bits per heavy atom. The third kappa shape index (κ3) is 3.23. The average molecular weight is 404 g/mol. The van der Waals surface area contributed by atoms with Gasteiger partial charge in [0.15, 0.2) is 11.2 Å². The Bertz CT molecular complexity index is 1200. The highest BCUT2D eigenvalue weighted by molar-refractivity contribution is 7.99.